The van der Waals surface area contributed by atoms with E-state index in [1.54, 1.807) is 6.19 Å². The summed E-state index contributed by atoms with van der Waals surface area (Å²) in [6.07, 6.45) is 4.24. The summed E-state index contributed by atoms with van der Waals surface area (Å²) in [6.45, 7) is 1.92. The van der Waals surface area contributed by atoms with Crippen molar-refractivity contribution in [3.63, 3.8) is 0 Å². The number of hydrogen-bond donors (Lipinski definition) is 0. The Kier molecular flexibility index (Phi) is 1.29. The second-order valence-corrected chi connectivity index (χ2v) is 2.13. The van der Waals surface area contributed by atoms with E-state index in [0.29, 0.717) is 5.92 Å². The van der Waals surface area contributed by atoms with Gasteiger partial charge >= 0.3 is 0 Å². The van der Waals surface area contributed by atoms with Gasteiger partial charge in [0, 0.05) is 5.71 Å². The molecule has 0 aliphatic heterocycles. The average molecular weight is 108 g/mol. The normalized spacial score (nSPS) is 20.2. The van der Waals surface area contributed by atoms with Gasteiger partial charge in [-0.2, -0.15) is 10.3 Å². The lowest BCUT2D eigenvalue weighted by Crippen LogP contribution is -1.90. The first-order valence-electron chi connectivity index (χ1n) is 2.78. The van der Waals surface area contributed by atoms with Gasteiger partial charge < -0.3 is 0 Å². The molecule has 0 radical (unpaired) electrons. The van der Waals surface area contributed by atoms with Crippen molar-refractivity contribution in [2.24, 2.45) is 10.9 Å². The molecule has 1 rings (SSSR count). The summed E-state index contributed by atoms with van der Waals surface area (Å²) in [7, 11) is 0. The molecule has 2 heteroatoms. The van der Waals surface area contributed by atoms with Gasteiger partial charge in [0.2, 0.25) is 6.19 Å². The Morgan fingerprint density at radius 1 is 1.75 bits per heavy atom. The van der Waals surface area contributed by atoms with Crippen molar-refractivity contribution in [2.45, 2.75) is 19.8 Å². The molecule has 42 valence electrons. The van der Waals surface area contributed by atoms with Crippen LogP contribution in [-0.2, 0) is 0 Å². The number of aliphatic imine (C=N–C) groups is 1. The molecular weight excluding hydrogens is 100 g/mol. The van der Waals surface area contributed by atoms with Crippen LogP contribution in [0.15, 0.2) is 4.99 Å². The van der Waals surface area contributed by atoms with Gasteiger partial charge in [-0.25, -0.2) is 0 Å². The largest absolute Gasteiger partial charge is 0.205 e. The molecule has 0 aromatic rings. The van der Waals surface area contributed by atoms with Gasteiger partial charge in [-0.1, -0.05) is 0 Å². The first-order valence-corrected chi connectivity index (χ1v) is 2.78. The maximum Gasteiger partial charge on any atom is 0.205 e. The van der Waals surface area contributed by atoms with E-state index in [2.05, 4.69) is 4.99 Å². The molecule has 8 heavy (non-hydrogen) atoms. The molecule has 0 unspecified atom stereocenters. The standard InChI is InChI=1S/C6H8N2/c1-5(8-4-7)6-2-3-6/h6H,2-3H2,1H3/b8-5+. The predicted octanol–water partition coefficient (Wildman–Crippen LogP) is 1.34. The quantitative estimate of drug-likeness (QED) is 0.369. The van der Waals surface area contributed by atoms with E-state index < -0.39 is 0 Å². The molecular formula is C6H8N2. The van der Waals surface area contributed by atoms with Crippen LogP contribution in [0.3, 0.4) is 0 Å². The van der Waals surface area contributed by atoms with Crippen molar-refractivity contribution < 1.29 is 0 Å². The van der Waals surface area contributed by atoms with E-state index in [1.165, 1.54) is 12.8 Å². The van der Waals surface area contributed by atoms with E-state index >= 15 is 0 Å². The Balaban J connectivity index is 2.45. The Morgan fingerprint density at radius 2 is 2.38 bits per heavy atom. The van der Waals surface area contributed by atoms with Gasteiger partial charge in [-0.15, -0.1) is 0 Å². The Labute approximate surface area is 48.8 Å². The van der Waals surface area contributed by atoms with Crippen molar-refractivity contribution >= 4 is 5.71 Å². The van der Waals surface area contributed by atoms with Crippen LogP contribution in [0.4, 0.5) is 0 Å². The maximum absolute atomic E-state index is 8.08. The van der Waals surface area contributed by atoms with E-state index in [4.69, 9.17) is 5.26 Å². The monoisotopic (exact) mass is 108 g/mol. The molecule has 0 aromatic heterocycles. The zero-order valence-electron chi connectivity index (χ0n) is 4.89. The van der Waals surface area contributed by atoms with E-state index in [0.717, 1.165) is 5.71 Å². The SMILES string of the molecule is C/C(=N\C#N)C1CC1. The van der Waals surface area contributed by atoms with Gasteiger partial charge in [-0.05, 0) is 25.7 Å². The summed E-state index contributed by atoms with van der Waals surface area (Å²) < 4.78 is 0. The zero-order valence-corrected chi connectivity index (χ0v) is 4.89. The van der Waals surface area contributed by atoms with E-state index in [1.807, 2.05) is 6.92 Å². The van der Waals surface area contributed by atoms with Crippen molar-refractivity contribution in [3.05, 3.63) is 0 Å². The number of nitriles is 1. The first kappa shape index (κ1) is 5.30. The number of rotatable bonds is 1. The molecule has 0 spiro atoms. The summed E-state index contributed by atoms with van der Waals surface area (Å²) in [6, 6.07) is 0. The lowest BCUT2D eigenvalue weighted by Gasteiger charge is -1.85. The zero-order chi connectivity index (χ0) is 5.98. The highest BCUT2D eigenvalue weighted by molar-refractivity contribution is 5.87. The molecule has 0 heterocycles. The molecule has 2 nitrogen and oxygen atoms in total. The molecule has 1 fully saturated rings. The highest BCUT2D eigenvalue weighted by Crippen LogP contribution is 2.30. The minimum absolute atomic E-state index is 0.648. The molecule has 0 saturated heterocycles. The average Bonchev–Trinajstić information content (AvgIpc) is 2.45. The number of hydrogen-bond acceptors (Lipinski definition) is 2. The highest BCUT2D eigenvalue weighted by atomic mass is 14.7. The summed E-state index contributed by atoms with van der Waals surface area (Å²) in [5, 5.41) is 8.08. The van der Waals surface area contributed by atoms with Crippen molar-refractivity contribution in [1.82, 2.24) is 0 Å². The number of nitrogens with zero attached hydrogens (tertiary/aromatic N) is 2. The van der Waals surface area contributed by atoms with Crippen LogP contribution in [0.5, 0.6) is 0 Å². The lowest BCUT2D eigenvalue weighted by molar-refractivity contribution is 1.17. The highest BCUT2D eigenvalue weighted by Gasteiger charge is 2.24. The van der Waals surface area contributed by atoms with Gasteiger partial charge in [0.25, 0.3) is 0 Å². The van der Waals surface area contributed by atoms with E-state index in [-0.39, 0.29) is 0 Å². The van der Waals surface area contributed by atoms with Crippen LogP contribution in [0.25, 0.3) is 0 Å². The third-order valence-corrected chi connectivity index (χ3v) is 1.39. The summed E-state index contributed by atoms with van der Waals surface area (Å²) >= 11 is 0. The fourth-order valence-corrected chi connectivity index (χ4v) is 0.671. The van der Waals surface area contributed by atoms with Gasteiger partial charge in [-0.3, -0.25) is 0 Å². The topological polar surface area (TPSA) is 36.1 Å². The Hall–Kier alpha value is -0.840. The molecule has 0 aromatic carbocycles. The predicted molar refractivity (Wildman–Crippen MR) is 31.4 cm³/mol. The van der Waals surface area contributed by atoms with Crippen LogP contribution in [0, 0.1) is 17.4 Å². The second-order valence-electron chi connectivity index (χ2n) is 2.13. The molecule has 0 amide bonds. The minimum Gasteiger partial charge on any atom is -0.183 e. The fraction of sp³-hybridized carbons (Fsp3) is 0.667. The molecule has 0 bridgehead atoms. The van der Waals surface area contributed by atoms with Crippen LogP contribution in [-0.4, -0.2) is 5.71 Å². The summed E-state index contributed by atoms with van der Waals surface area (Å²) in [5.41, 5.74) is 1.01. The van der Waals surface area contributed by atoms with Crippen LogP contribution in [0.1, 0.15) is 19.8 Å². The molecule has 1 aliphatic carbocycles. The van der Waals surface area contributed by atoms with Crippen LogP contribution < -0.4 is 0 Å². The van der Waals surface area contributed by atoms with Crippen LogP contribution >= 0.6 is 0 Å². The van der Waals surface area contributed by atoms with Crippen molar-refractivity contribution in [1.29, 1.82) is 5.26 Å². The maximum atomic E-state index is 8.08. The molecule has 1 aliphatic rings. The third-order valence-electron chi connectivity index (χ3n) is 1.39. The Bertz CT molecular complexity index is 148. The Morgan fingerprint density at radius 3 is 2.75 bits per heavy atom. The summed E-state index contributed by atoms with van der Waals surface area (Å²) in [5.74, 6) is 0.648. The van der Waals surface area contributed by atoms with Crippen LogP contribution in [0.2, 0.25) is 0 Å². The smallest absolute Gasteiger partial charge is 0.183 e. The second kappa shape index (κ2) is 1.95. The summed E-state index contributed by atoms with van der Waals surface area (Å²) in [4.78, 5) is 3.61. The van der Waals surface area contributed by atoms with Crippen molar-refractivity contribution in [3.8, 4) is 6.19 Å². The lowest BCUT2D eigenvalue weighted by atomic mass is 10.3. The van der Waals surface area contributed by atoms with Gasteiger partial charge in [0.1, 0.15) is 0 Å². The van der Waals surface area contributed by atoms with E-state index in [9.17, 15) is 0 Å². The third kappa shape index (κ3) is 1.06. The molecule has 0 N–H and O–H groups in total. The first-order chi connectivity index (χ1) is 3.84. The minimum atomic E-state index is 0.648. The van der Waals surface area contributed by atoms with Gasteiger partial charge in [0.15, 0.2) is 0 Å². The fourth-order valence-electron chi connectivity index (χ4n) is 0.671. The molecule has 1 saturated carbocycles. The van der Waals surface area contributed by atoms with Crippen molar-refractivity contribution in [2.75, 3.05) is 0 Å². The van der Waals surface area contributed by atoms with Gasteiger partial charge in [0.05, 0.1) is 0 Å². The molecule has 0 atom stereocenters.